The highest BCUT2D eigenvalue weighted by Crippen LogP contribution is 2.42. The molecule has 82 heavy (non-hydrogen) atoms. The molecule has 0 aromatic rings. The lowest BCUT2D eigenvalue weighted by Crippen LogP contribution is -2.55. The predicted molar refractivity (Wildman–Crippen MR) is 317 cm³/mol. The number of nitrogens with zero attached hydrogens (tertiary/aromatic N) is 4. The van der Waals surface area contributed by atoms with Gasteiger partial charge in [0.1, 0.15) is 29.1 Å². The van der Waals surface area contributed by atoms with Crippen LogP contribution in [0.1, 0.15) is 236 Å². The van der Waals surface area contributed by atoms with E-state index < -0.39 is 29.4 Å². The van der Waals surface area contributed by atoms with E-state index in [1.807, 2.05) is 81.9 Å². The second-order valence-corrected chi connectivity index (χ2v) is 28.2. The van der Waals surface area contributed by atoms with Crippen molar-refractivity contribution in [1.29, 1.82) is 0 Å². The standard InChI is InChI=1S/C33H55N3O6.C32H54N4O4/c1-32(2,3)41-27(37)21-24(22-13-9-7-10-14-22)29(38)35-19-17-26-25(35)18-20-36(26)30(39)28(23-15-11-8-12-16-23)34-31(40)42-33(4,5)6;1-5-21(2)30(38)34-29(24-14-10-7-11-15-24)32(40)36-19-17-26-27(36)16-18-35(26)31(39)25(20-28(37)22(3)33-4)23-12-8-6-9-13-23/h22-26,28H,7-21H2,1-6H3,(H,34,40);21-27,29,33H,5-20H2,1-4H3,(H,34,38)/t24-,25+,26+,28-;21-,22+,25+,26-,27-,29+/m01/s1. The highest BCUT2D eigenvalue weighted by atomic mass is 16.6. The summed E-state index contributed by atoms with van der Waals surface area (Å²) >= 11 is 0. The van der Waals surface area contributed by atoms with Crippen molar-refractivity contribution in [2.75, 3.05) is 33.2 Å². The van der Waals surface area contributed by atoms with Gasteiger partial charge in [0.2, 0.25) is 29.5 Å². The minimum Gasteiger partial charge on any atom is -0.460 e. The zero-order valence-corrected chi connectivity index (χ0v) is 52.4. The van der Waals surface area contributed by atoms with Gasteiger partial charge in [-0.1, -0.05) is 90.9 Å². The van der Waals surface area contributed by atoms with Crippen LogP contribution < -0.4 is 16.0 Å². The molecule has 10 atom stereocenters. The quantitative estimate of drug-likeness (QED) is 0.110. The zero-order chi connectivity index (χ0) is 59.5. The number of carbonyl (C=O) groups excluding carboxylic acids is 8. The number of esters is 1. The molecule has 8 fully saturated rings. The highest BCUT2D eigenvalue weighted by Gasteiger charge is 2.52. The number of amides is 6. The van der Waals surface area contributed by atoms with Crippen molar-refractivity contribution in [3.63, 3.8) is 0 Å². The third-order valence-corrected chi connectivity index (χ3v) is 20.3. The summed E-state index contributed by atoms with van der Waals surface area (Å²) in [6, 6.07) is -1.46. The lowest BCUT2D eigenvalue weighted by Gasteiger charge is -2.36. The van der Waals surface area contributed by atoms with E-state index in [0.29, 0.717) is 32.6 Å². The van der Waals surface area contributed by atoms with Crippen LogP contribution in [0.2, 0.25) is 0 Å². The van der Waals surface area contributed by atoms with Crippen LogP contribution in [0.15, 0.2) is 0 Å². The largest absolute Gasteiger partial charge is 0.460 e. The van der Waals surface area contributed by atoms with Crippen molar-refractivity contribution in [3.05, 3.63) is 0 Å². The fourth-order valence-corrected chi connectivity index (χ4v) is 15.6. The molecule has 0 aromatic carbocycles. The number of Topliss-reactive ketones (excluding diaryl/α,β-unsaturated/α-hetero) is 1. The number of ketones is 1. The minimum atomic E-state index is -0.649. The molecule has 4 saturated heterocycles. The van der Waals surface area contributed by atoms with Crippen molar-refractivity contribution in [2.45, 2.75) is 289 Å². The van der Waals surface area contributed by atoms with Crippen molar-refractivity contribution < 1.29 is 47.8 Å². The van der Waals surface area contributed by atoms with E-state index in [1.54, 1.807) is 7.05 Å². The van der Waals surface area contributed by atoms with Gasteiger partial charge >= 0.3 is 12.1 Å². The summed E-state index contributed by atoms with van der Waals surface area (Å²) in [6.45, 7) is 19.3. The van der Waals surface area contributed by atoms with Gasteiger partial charge in [-0.3, -0.25) is 33.6 Å². The van der Waals surface area contributed by atoms with Gasteiger partial charge in [0.05, 0.1) is 42.5 Å². The van der Waals surface area contributed by atoms with Gasteiger partial charge in [-0.2, -0.15) is 0 Å². The number of hydrogen-bond acceptors (Lipinski definition) is 11. The van der Waals surface area contributed by atoms with E-state index in [9.17, 15) is 38.4 Å². The maximum absolute atomic E-state index is 14.2. The lowest BCUT2D eigenvalue weighted by molar-refractivity contribution is -0.160. The number of carbonyl (C=O) groups is 8. The van der Waals surface area contributed by atoms with E-state index >= 15 is 0 Å². The average Bonchev–Trinajstić information content (AvgIpc) is 3.44. The Morgan fingerprint density at radius 3 is 1.15 bits per heavy atom. The second-order valence-electron chi connectivity index (χ2n) is 28.2. The summed E-state index contributed by atoms with van der Waals surface area (Å²) in [7, 11) is 1.79. The number of ether oxygens (including phenoxy) is 2. The number of nitrogens with one attached hydrogen (secondary N) is 3. The molecule has 0 aromatic heterocycles. The van der Waals surface area contributed by atoms with E-state index in [4.69, 9.17) is 9.47 Å². The summed E-state index contributed by atoms with van der Waals surface area (Å²) in [6.07, 6.45) is 24.8. The number of rotatable bonds is 18. The van der Waals surface area contributed by atoms with E-state index in [-0.39, 0.29) is 119 Å². The minimum absolute atomic E-state index is 0.00183. The van der Waals surface area contributed by atoms with Crippen LogP contribution in [-0.4, -0.2) is 154 Å². The molecular weight excluding hydrogens is 1040 g/mol. The summed E-state index contributed by atoms with van der Waals surface area (Å²) < 4.78 is 11.2. The molecule has 17 nitrogen and oxygen atoms in total. The van der Waals surface area contributed by atoms with Crippen LogP contribution in [0.4, 0.5) is 4.79 Å². The van der Waals surface area contributed by atoms with Gasteiger partial charge in [0.25, 0.3) is 0 Å². The smallest absolute Gasteiger partial charge is 0.408 e. The van der Waals surface area contributed by atoms with Crippen LogP contribution in [0, 0.1) is 41.4 Å². The SMILES string of the molecule is CC(C)(C)OC(=O)C[C@H](C(=O)N1CC[C@@H]2[C@H]1CCN2C(=O)[C@@H](NC(=O)OC(C)(C)C)C1CCCCC1)C1CCCCC1.CC[C@@H](C)C(=O)N[C@H](C(=O)N1CC[C@@H]2[C@H]1CCN2C(=O)[C@@H](CC(=O)[C@H](C)NC)C1CCCCC1)C1CCCCC1. The molecule has 17 heteroatoms. The van der Waals surface area contributed by atoms with E-state index in [2.05, 4.69) is 16.0 Å². The first kappa shape index (κ1) is 65.3. The lowest BCUT2D eigenvalue weighted by atomic mass is 9.76. The number of alkyl carbamates (subject to hydrolysis) is 1. The molecule has 6 amide bonds. The number of hydrogen-bond donors (Lipinski definition) is 3. The van der Waals surface area contributed by atoms with Gasteiger partial charge in [-0.05, 0) is 163 Å². The molecule has 4 saturated carbocycles. The van der Waals surface area contributed by atoms with Gasteiger partial charge in [0.15, 0.2) is 0 Å². The predicted octanol–water partition coefficient (Wildman–Crippen LogP) is 9.65. The van der Waals surface area contributed by atoms with Crippen LogP contribution in [-0.2, 0) is 43.0 Å². The fraction of sp³-hybridized carbons (Fsp3) is 0.877. The third kappa shape index (κ3) is 17.0. The Balaban J connectivity index is 0.000000236. The number of fused-ring (bicyclic) bond motifs is 2. The molecule has 0 unspecified atom stereocenters. The summed E-state index contributed by atoms with van der Waals surface area (Å²) in [5.41, 5.74) is -1.24. The number of likely N-dealkylation sites (N-methyl/N-ethyl adjacent to an activating group) is 1. The fourth-order valence-electron chi connectivity index (χ4n) is 15.6. The first-order valence-corrected chi connectivity index (χ1v) is 32.9. The molecule has 0 radical (unpaired) electrons. The molecule has 0 bridgehead atoms. The first-order valence-electron chi connectivity index (χ1n) is 32.9. The molecule has 4 aliphatic heterocycles. The van der Waals surface area contributed by atoms with Crippen LogP contribution in [0.3, 0.4) is 0 Å². The van der Waals surface area contributed by atoms with Crippen LogP contribution >= 0.6 is 0 Å². The Bertz CT molecular complexity index is 2020. The van der Waals surface area contributed by atoms with Gasteiger partial charge in [-0.15, -0.1) is 0 Å². The monoisotopic (exact) mass is 1150 g/mol. The average molecular weight is 1150 g/mol. The topological polar surface area (TPSA) is 204 Å². The molecule has 4 aliphatic carbocycles. The number of likely N-dealkylation sites (tertiary alicyclic amines) is 4. The summed E-state index contributed by atoms with van der Waals surface area (Å²) in [5.74, 6) is -0.106. The Labute approximate surface area is 492 Å². The van der Waals surface area contributed by atoms with E-state index in [1.165, 1.54) is 19.3 Å². The summed E-state index contributed by atoms with van der Waals surface area (Å²) in [5, 5.41) is 9.17. The third-order valence-electron chi connectivity index (χ3n) is 20.3. The van der Waals surface area contributed by atoms with Gasteiger partial charge < -0.3 is 45.0 Å². The Morgan fingerprint density at radius 1 is 0.451 bits per heavy atom. The Morgan fingerprint density at radius 2 is 0.793 bits per heavy atom. The Kier molecular flexibility index (Phi) is 23.6. The molecular formula is C65H109N7O10. The maximum Gasteiger partial charge on any atom is 0.408 e. The van der Waals surface area contributed by atoms with Crippen molar-refractivity contribution in [2.24, 2.45) is 41.4 Å². The van der Waals surface area contributed by atoms with Gasteiger partial charge in [0, 0.05) is 44.4 Å². The second kappa shape index (κ2) is 29.7. The molecule has 4 heterocycles. The van der Waals surface area contributed by atoms with Crippen LogP contribution in [0.25, 0.3) is 0 Å². The Hall–Kier alpha value is -4.28. The van der Waals surface area contributed by atoms with Crippen molar-refractivity contribution in [1.82, 2.24) is 35.6 Å². The van der Waals surface area contributed by atoms with Crippen molar-refractivity contribution in [3.8, 4) is 0 Å². The molecule has 0 spiro atoms. The highest BCUT2D eigenvalue weighted by molar-refractivity contribution is 5.92. The normalized spacial score (nSPS) is 26.3. The molecule has 464 valence electrons. The van der Waals surface area contributed by atoms with Gasteiger partial charge in [-0.25, -0.2) is 4.79 Å². The molecule has 8 aliphatic rings. The zero-order valence-electron chi connectivity index (χ0n) is 52.4. The van der Waals surface area contributed by atoms with E-state index in [0.717, 1.165) is 141 Å². The van der Waals surface area contributed by atoms with Crippen LogP contribution in [0.5, 0.6) is 0 Å². The maximum atomic E-state index is 14.2. The van der Waals surface area contributed by atoms with Crippen molar-refractivity contribution >= 4 is 47.4 Å². The first-order chi connectivity index (χ1) is 39.0. The molecule has 3 N–H and O–H groups in total. The summed E-state index contributed by atoms with van der Waals surface area (Å²) in [4.78, 5) is 116. The molecule has 8 rings (SSSR count).